The molecule has 0 radical (unpaired) electrons. The number of nitrogens with one attached hydrogen (secondary N) is 1. The van der Waals surface area contributed by atoms with Gasteiger partial charge in [-0.1, -0.05) is 0 Å². The van der Waals surface area contributed by atoms with Gasteiger partial charge >= 0.3 is 0 Å². The van der Waals surface area contributed by atoms with Crippen LogP contribution in [0, 0.1) is 0 Å². The zero-order valence-electron chi connectivity index (χ0n) is 7.57. The van der Waals surface area contributed by atoms with E-state index < -0.39 is 9.84 Å². The third-order valence-electron chi connectivity index (χ3n) is 1.46. The van der Waals surface area contributed by atoms with E-state index in [-0.39, 0.29) is 5.75 Å². The second-order valence-corrected chi connectivity index (χ2v) is 4.96. The van der Waals surface area contributed by atoms with Crippen molar-refractivity contribution in [1.82, 2.24) is 10.3 Å². The highest BCUT2D eigenvalue weighted by Gasteiger charge is 2.13. The van der Waals surface area contributed by atoms with Crippen LogP contribution < -0.4 is 5.32 Å². The minimum absolute atomic E-state index is 0.0932. The van der Waals surface area contributed by atoms with E-state index in [1.165, 1.54) is 12.6 Å². The first-order valence-electron chi connectivity index (χ1n) is 3.76. The molecule has 0 amide bonds. The van der Waals surface area contributed by atoms with Crippen LogP contribution >= 0.6 is 0 Å². The molecule has 1 N–H and O–H groups in total. The molecule has 0 saturated heterocycles. The largest absolute Gasteiger partial charge is 0.447 e. The lowest BCUT2D eigenvalue weighted by atomic mass is 10.4. The second kappa shape index (κ2) is 3.89. The Morgan fingerprint density at radius 2 is 2.31 bits per heavy atom. The molecule has 13 heavy (non-hydrogen) atoms. The molecule has 0 aliphatic carbocycles. The van der Waals surface area contributed by atoms with E-state index in [1.807, 2.05) is 0 Å². The molecule has 0 aromatic carbocycles. The molecule has 6 heteroatoms. The number of oxazole rings is 1. The highest BCUT2D eigenvalue weighted by molar-refractivity contribution is 7.89. The fraction of sp³-hybridized carbons (Fsp3) is 0.571. The highest BCUT2D eigenvalue weighted by atomic mass is 32.2. The molecule has 0 fully saturated rings. The predicted molar refractivity (Wildman–Crippen MR) is 47.8 cm³/mol. The van der Waals surface area contributed by atoms with Gasteiger partial charge in [0.25, 0.3) is 0 Å². The Kier molecular flexibility index (Phi) is 3.05. The van der Waals surface area contributed by atoms with Crippen LogP contribution in [0.5, 0.6) is 0 Å². The van der Waals surface area contributed by atoms with Crippen LogP contribution in [0.3, 0.4) is 0 Å². The molecule has 0 atom stereocenters. The van der Waals surface area contributed by atoms with Crippen molar-refractivity contribution < 1.29 is 12.8 Å². The fourth-order valence-corrected chi connectivity index (χ4v) is 1.67. The Morgan fingerprint density at radius 3 is 2.85 bits per heavy atom. The topological polar surface area (TPSA) is 72.2 Å². The van der Waals surface area contributed by atoms with E-state index in [1.54, 1.807) is 7.05 Å². The summed E-state index contributed by atoms with van der Waals surface area (Å²) >= 11 is 0. The first kappa shape index (κ1) is 10.2. The SMILES string of the molecule is CNCc1ncoc1CS(C)(=O)=O. The minimum Gasteiger partial charge on any atom is -0.447 e. The first-order valence-corrected chi connectivity index (χ1v) is 5.82. The Bertz CT molecular complexity index is 369. The maximum atomic E-state index is 10.9. The number of sulfone groups is 1. The lowest BCUT2D eigenvalue weighted by Crippen LogP contribution is -2.09. The van der Waals surface area contributed by atoms with Gasteiger partial charge in [-0.15, -0.1) is 0 Å². The van der Waals surface area contributed by atoms with Crippen LogP contribution in [0.1, 0.15) is 11.5 Å². The van der Waals surface area contributed by atoms with E-state index in [2.05, 4.69) is 10.3 Å². The van der Waals surface area contributed by atoms with E-state index in [0.29, 0.717) is 18.0 Å². The molecule has 0 aliphatic rings. The summed E-state index contributed by atoms with van der Waals surface area (Å²) in [6.45, 7) is 0.515. The third kappa shape index (κ3) is 3.16. The number of aromatic nitrogens is 1. The summed E-state index contributed by atoms with van der Waals surface area (Å²) in [5.41, 5.74) is 0.646. The average molecular weight is 204 g/mol. The van der Waals surface area contributed by atoms with Gasteiger partial charge in [0, 0.05) is 12.8 Å². The zero-order chi connectivity index (χ0) is 9.90. The van der Waals surface area contributed by atoms with Crippen LogP contribution in [0.2, 0.25) is 0 Å². The second-order valence-electron chi connectivity index (χ2n) is 2.82. The zero-order valence-corrected chi connectivity index (χ0v) is 8.39. The van der Waals surface area contributed by atoms with Gasteiger partial charge in [0.2, 0.25) is 0 Å². The molecule has 0 aliphatic heterocycles. The number of hydrogen-bond donors (Lipinski definition) is 1. The summed E-state index contributed by atoms with van der Waals surface area (Å²) in [5, 5.41) is 2.88. The van der Waals surface area contributed by atoms with Crippen LogP contribution in [0.4, 0.5) is 0 Å². The number of hydrogen-bond acceptors (Lipinski definition) is 5. The normalized spacial score (nSPS) is 11.8. The average Bonchev–Trinajstić information content (AvgIpc) is 2.34. The molecular weight excluding hydrogens is 192 g/mol. The lowest BCUT2D eigenvalue weighted by Gasteiger charge is -1.98. The van der Waals surface area contributed by atoms with Crippen molar-refractivity contribution in [3.63, 3.8) is 0 Å². The quantitative estimate of drug-likeness (QED) is 0.743. The monoisotopic (exact) mass is 204 g/mol. The third-order valence-corrected chi connectivity index (χ3v) is 2.25. The molecule has 1 heterocycles. The van der Waals surface area contributed by atoms with Crippen molar-refractivity contribution in [2.24, 2.45) is 0 Å². The van der Waals surface area contributed by atoms with Crippen molar-refractivity contribution in [3.05, 3.63) is 17.8 Å². The van der Waals surface area contributed by atoms with Gasteiger partial charge in [-0.05, 0) is 7.05 Å². The van der Waals surface area contributed by atoms with Crippen molar-refractivity contribution >= 4 is 9.84 Å². The molecule has 0 unspecified atom stereocenters. The van der Waals surface area contributed by atoms with Crippen LogP contribution in [-0.4, -0.2) is 26.7 Å². The van der Waals surface area contributed by atoms with E-state index in [4.69, 9.17) is 4.42 Å². The van der Waals surface area contributed by atoms with E-state index in [9.17, 15) is 8.42 Å². The molecule has 0 spiro atoms. The predicted octanol–water partition coefficient (Wildman–Crippen LogP) is -0.0614. The summed E-state index contributed by atoms with van der Waals surface area (Å²) in [7, 11) is -1.29. The van der Waals surface area contributed by atoms with Crippen molar-refractivity contribution in [3.8, 4) is 0 Å². The Morgan fingerprint density at radius 1 is 1.62 bits per heavy atom. The Labute approximate surface area is 77.1 Å². The lowest BCUT2D eigenvalue weighted by molar-refractivity contribution is 0.512. The minimum atomic E-state index is -3.05. The Hall–Kier alpha value is -0.880. The van der Waals surface area contributed by atoms with Crippen molar-refractivity contribution in [2.75, 3.05) is 13.3 Å². The van der Waals surface area contributed by atoms with Gasteiger partial charge in [-0.25, -0.2) is 13.4 Å². The van der Waals surface area contributed by atoms with Crippen LogP contribution in [0.15, 0.2) is 10.8 Å². The summed E-state index contributed by atoms with van der Waals surface area (Å²) in [5.74, 6) is 0.321. The highest BCUT2D eigenvalue weighted by Crippen LogP contribution is 2.09. The molecular formula is C7H12N2O3S. The standard InChI is InChI=1S/C7H12N2O3S/c1-8-3-6-7(12-5-9-6)4-13(2,10)11/h5,8H,3-4H2,1-2H3. The molecule has 1 aromatic heterocycles. The van der Waals surface area contributed by atoms with Gasteiger partial charge in [0.05, 0.1) is 5.69 Å². The van der Waals surface area contributed by atoms with Gasteiger partial charge in [-0.2, -0.15) is 0 Å². The van der Waals surface area contributed by atoms with Gasteiger partial charge < -0.3 is 9.73 Å². The maximum Gasteiger partial charge on any atom is 0.181 e. The maximum absolute atomic E-state index is 10.9. The van der Waals surface area contributed by atoms with Gasteiger partial charge in [-0.3, -0.25) is 0 Å². The van der Waals surface area contributed by atoms with Crippen molar-refractivity contribution in [1.29, 1.82) is 0 Å². The van der Waals surface area contributed by atoms with E-state index >= 15 is 0 Å². The first-order chi connectivity index (χ1) is 6.03. The summed E-state index contributed by atoms with van der Waals surface area (Å²) in [4.78, 5) is 3.90. The number of rotatable bonds is 4. The molecule has 0 bridgehead atoms. The molecule has 5 nitrogen and oxygen atoms in total. The van der Waals surface area contributed by atoms with Crippen LogP contribution in [-0.2, 0) is 22.1 Å². The van der Waals surface area contributed by atoms with Gasteiger partial charge in [0.1, 0.15) is 11.5 Å². The Balaban J connectivity index is 2.82. The van der Waals surface area contributed by atoms with E-state index in [0.717, 1.165) is 0 Å². The fourth-order valence-electron chi connectivity index (χ4n) is 0.961. The number of nitrogens with zero attached hydrogens (tertiary/aromatic N) is 1. The molecule has 1 rings (SSSR count). The molecule has 0 saturated carbocycles. The van der Waals surface area contributed by atoms with Crippen LogP contribution in [0.25, 0.3) is 0 Å². The van der Waals surface area contributed by atoms with Crippen molar-refractivity contribution in [2.45, 2.75) is 12.3 Å². The summed E-state index contributed by atoms with van der Waals surface area (Å²) in [6, 6.07) is 0. The van der Waals surface area contributed by atoms with Gasteiger partial charge in [0.15, 0.2) is 16.2 Å². The molecule has 74 valence electrons. The molecule has 1 aromatic rings. The summed E-state index contributed by atoms with van der Waals surface area (Å²) < 4.78 is 26.9. The smallest absolute Gasteiger partial charge is 0.181 e. The summed E-state index contributed by atoms with van der Waals surface area (Å²) in [6.07, 6.45) is 2.42.